The molecule has 0 spiro atoms. The summed E-state index contributed by atoms with van der Waals surface area (Å²) < 4.78 is 17.4. The molecule has 0 N–H and O–H groups in total. The van der Waals surface area contributed by atoms with Crippen molar-refractivity contribution in [3.05, 3.63) is 108 Å². The monoisotopic (exact) mass is 522 g/mol. The fraction of sp³-hybridized carbons (Fsp3) is 0.273. The molecule has 0 bridgehead atoms. The molecular formula is C33H34N2O4. The Kier molecular flexibility index (Phi) is 8.74. The van der Waals surface area contributed by atoms with E-state index in [1.165, 1.54) is 0 Å². The number of aromatic nitrogens is 1. The average molecular weight is 523 g/mol. The Morgan fingerprint density at radius 3 is 2.03 bits per heavy atom. The minimum absolute atomic E-state index is 0.00139. The van der Waals surface area contributed by atoms with Gasteiger partial charge in [0.2, 0.25) is 11.8 Å². The van der Waals surface area contributed by atoms with Crippen molar-refractivity contribution in [2.75, 3.05) is 24.6 Å². The van der Waals surface area contributed by atoms with Crippen LogP contribution in [0.1, 0.15) is 30.9 Å². The minimum Gasteiger partial charge on any atom is -0.473 e. The standard InChI is InChI=1S/C33H34N2O4/c1-2-37-33(36)28-19-21-35(22-20-28)29-15-13-27(14-16-29)30-17-18-31(38-23-25-9-5-3-6-10-25)34-32(30)39-24-26-11-7-4-8-12-26/h3-18,28H,2,19-24H2,1H3. The number of anilines is 1. The maximum atomic E-state index is 12.1. The van der Waals surface area contributed by atoms with Gasteiger partial charge in [-0.2, -0.15) is 4.98 Å². The van der Waals surface area contributed by atoms with Crippen LogP contribution in [0.4, 0.5) is 5.69 Å². The van der Waals surface area contributed by atoms with E-state index in [0.717, 1.165) is 53.9 Å². The smallest absolute Gasteiger partial charge is 0.309 e. The number of hydrogen-bond donors (Lipinski definition) is 0. The summed E-state index contributed by atoms with van der Waals surface area (Å²) in [5.41, 5.74) is 5.22. The van der Waals surface area contributed by atoms with E-state index in [9.17, 15) is 4.79 Å². The molecule has 39 heavy (non-hydrogen) atoms. The van der Waals surface area contributed by atoms with E-state index in [2.05, 4.69) is 29.2 Å². The number of carbonyl (C=O) groups is 1. The molecule has 1 saturated heterocycles. The molecule has 0 amide bonds. The lowest BCUT2D eigenvalue weighted by atomic mass is 9.96. The van der Waals surface area contributed by atoms with E-state index in [1.807, 2.05) is 79.7 Å². The molecule has 3 aromatic carbocycles. The van der Waals surface area contributed by atoms with Crippen LogP contribution in [-0.4, -0.2) is 30.6 Å². The number of benzene rings is 3. The summed E-state index contributed by atoms with van der Waals surface area (Å²) in [5, 5.41) is 0. The van der Waals surface area contributed by atoms with Gasteiger partial charge >= 0.3 is 5.97 Å². The molecular weight excluding hydrogens is 488 g/mol. The first kappa shape index (κ1) is 26.3. The Labute approximate surface area is 230 Å². The first-order chi connectivity index (χ1) is 19.2. The summed E-state index contributed by atoms with van der Waals surface area (Å²) in [6.45, 7) is 4.82. The van der Waals surface area contributed by atoms with Gasteiger partial charge in [-0.15, -0.1) is 0 Å². The Bertz CT molecular complexity index is 1340. The maximum absolute atomic E-state index is 12.1. The minimum atomic E-state index is -0.0702. The van der Waals surface area contributed by atoms with Crippen molar-refractivity contribution >= 4 is 11.7 Å². The number of carbonyl (C=O) groups excluding carboxylic acids is 1. The van der Waals surface area contributed by atoms with Crippen LogP contribution in [0, 0.1) is 5.92 Å². The second-order valence-corrected chi connectivity index (χ2v) is 9.61. The number of pyridine rings is 1. The Morgan fingerprint density at radius 1 is 0.795 bits per heavy atom. The van der Waals surface area contributed by atoms with Gasteiger partial charge < -0.3 is 19.1 Å². The zero-order chi connectivity index (χ0) is 26.9. The molecule has 1 fully saturated rings. The number of esters is 1. The molecule has 200 valence electrons. The number of ether oxygens (including phenoxy) is 3. The summed E-state index contributed by atoms with van der Waals surface area (Å²) >= 11 is 0. The summed E-state index contributed by atoms with van der Waals surface area (Å²) in [6.07, 6.45) is 1.62. The molecule has 1 aliphatic heterocycles. The van der Waals surface area contributed by atoms with Gasteiger partial charge in [0.05, 0.1) is 12.5 Å². The van der Waals surface area contributed by atoms with E-state index in [4.69, 9.17) is 19.2 Å². The van der Waals surface area contributed by atoms with E-state index in [-0.39, 0.29) is 11.9 Å². The third kappa shape index (κ3) is 6.96. The van der Waals surface area contributed by atoms with Crippen molar-refractivity contribution < 1.29 is 19.0 Å². The normalized spacial score (nSPS) is 13.6. The fourth-order valence-electron chi connectivity index (χ4n) is 4.78. The van der Waals surface area contributed by atoms with Gasteiger partial charge in [0.15, 0.2) is 0 Å². The van der Waals surface area contributed by atoms with Crippen LogP contribution in [0.5, 0.6) is 11.8 Å². The average Bonchev–Trinajstić information content (AvgIpc) is 3.00. The lowest BCUT2D eigenvalue weighted by Gasteiger charge is -2.32. The maximum Gasteiger partial charge on any atom is 0.309 e. The van der Waals surface area contributed by atoms with Crippen molar-refractivity contribution in [1.29, 1.82) is 0 Å². The highest BCUT2D eigenvalue weighted by molar-refractivity contribution is 5.73. The highest BCUT2D eigenvalue weighted by atomic mass is 16.5. The lowest BCUT2D eigenvalue weighted by Crippen LogP contribution is -2.36. The molecule has 6 nitrogen and oxygen atoms in total. The summed E-state index contributed by atoms with van der Waals surface area (Å²) in [5.74, 6) is 0.983. The van der Waals surface area contributed by atoms with Crippen molar-refractivity contribution in [2.24, 2.45) is 5.92 Å². The van der Waals surface area contributed by atoms with Gasteiger partial charge in [-0.05, 0) is 54.7 Å². The largest absolute Gasteiger partial charge is 0.473 e. The highest BCUT2D eigenvalue weighted by Crippen LogP contribution is 2.33. The van der Waals surface area contributed by atoms with Gasteiger partial charge in [0, 0.05) is 30.4 Å². The molecule has 4 aromatic rings. The van der Waals surface area contributed by atoms with E-state index in [0.29, 0.717) is 31.6 Å². The second kappa shape index (κ2) is 13.0. The summed E-state index contributed by atoms with van der Waals surface area (Å²) in [6, 6.07) is 32.5. The molecule has 0 atom stereocenters. The van der Waals surface area contributed by atoms with Gasteiger partial charge in [0.25, 0.3) is 0 Å². The van der Waals surface area contributed by atoms with Crippen LogP contribution in [-0.2, 0) is 22.7 Å². The van der Waals surface area contributed by atoms with Crippen molar-refractivity contribution in [2.45, 2.75) is 33.0 Å². The molecule has 2 heterocycles. The van der Waals surface area contributed by atoms with Crippen LogP contribution in [0.2, 0.25) is 0 Å². The first-order valence-corrected chi connectivity index (χ1v) is 13.6. The fourth-order valence-corrected chi connectivity index (χ4v) is 4.78. The predicted octanol–water partition coefficient (Wildman–Crippen LogP) is 6.69. The third-order valence-electron chi connectivity index (χ3n) is 6.94. The molecule has 0 unspecified atom stereocenters. The Balaban J connectivity index is 1.31. The second-order valence-electron chi connectivity index (χ2n) is 9.61. The van der Waals surface area contributed by atoms with Crippen molar-refractivity contribution in [1.82, 2.24) is 4.98 Å². The SMILES string of the molecule is CCOC(=O)C1CCN(c2ccc(-c3ccc(OCc4ccccc4)nc3OCc3ccccc3)cc2)CC1. The zero-order valence-electron chi connectivity index (χ0n) is 22.3. The molecule has 1 aliphatic rings. The zero-order valence-corrected chi connectivity index (χ0v) is 22.3. The lowest BCUT2D eigenvalue weighted by molar-refractivity contribution is -0.148. The topological polar surface area (TPSA) is 60.9 Å². The van der Waals surface area contributed by atoms with E-state index >= 15 is 0 Å². The number of piperidine rings is 1. The number of hydrogen-bond acceptors (Lipinski definition) is 6. The summed E-state index contributed by atoms with van der Waals surface area (Å²) in [4.78, 5) is 19.1. The first-order valence-electron chi connectivity index (χ1n) is 13.6. The molecule has 0 radical (unpaired) electrons. The van der Waals surface area contributed by atoms with E-state index in [1.54, 1.807) is 0 Å². The van der Waals surface area contributed by atoms with Crippen molar-refractivity contribution in [3.63, 3.8) is 0 Å². The number of nitrogens with zero attached hydrogens (tertiary/aromatic N) is 2. The molecule has 5 rings (SSSR count). The van der Waals surface area contributed by atoms with Crippen LogP contribution < -0.4 is 14.4 Å². The van der Waals surface area contributed by atoms with E-state index < -0.39 is 0 Å². The van der Waals surface area contributed by atoms with Gasteiger partial charge in [0.1, 0.15) is 13.2 Å². The third-order valence-corrected chi connectivity index (χ3v) is 6.94. The molecule has 1 aromatic heterocycles. The predicted molar refractivity (Wildman–Crippen MR) is 153 cm³/mol. The van der Waals surface area contributed by atoms with Gasteiger partial charge in [-0.1, -0.05) is 72.8 Å². The molecule has 6 heteroatoms. The summed E-state index contributed by atoms with van der Waals surface area (Å²) in [7, 11) is 0. The van der Waals surface area contributed by atoms with Crippen molar-refractivity contribution in [3.8, 4) is 22.9 Å². The highest BCUT2D eigenvalue weighted by Gasteiger charge is 2.26. The molecule has 0 aliphatic carbocycles. The quantitative estimate of drug-likeness (QED) is 0.216. The molecule has 0 saturated carbocycles. The van der Waals surface area contributed by atoms with Crippen LogP contribution >= 0.6 is 0 Å². The number of rotatable bonds is 10. The Morgan fingerprint density at radius 2 is 1.41 bits per heavy atom. The van der Waals surface area contributed by atoms with Gasteiger partial charge in [-0.3, -0.25) is 4.79 Å². The Hall–Kier alpha value is -4.32. The van der Waals surface area contributed by atoms with Crippen LogP contribution in [0.3, 0.4) is 0 Å². The van der Waals surface area contributed by atoms with Crippen LogP contribution in [0.25, 0.3) is 11.1 Å². The van der Waals surface area contributed by atoms with Gasteiger partial charge in [-0.25, -0.2) is 0 Å². The van der Waals surface area contributed by atoms with Crippen LogP contribution in [0.15, 0.2) is 97.1 Å².